The molecular formula is C19H14BrN3O3. The standard InChI is InChI=1S/C19H14BrN3O3/c1-10-8-12(20)5-6-14(10)21-18(24)13-9-15(16-4-3-7-25-16)22-19-17(13)11(2)23-26-19/h3-9H,1-2H3,(H,21,24). The number of hydrogen-bond acceptors (Lipinski definition) is 5. The van der Waals surface area contributed by atoms with Crippen LogP contribution in [0, 0.1) is 13.8 Å². The minimum atomic E-state index is -0.262. The SMILES string of the molecule is Cc1cc(Br)ccc1NC(=O)c1cc(-c2ccco2)nc2onc(C)c12. The van der Waals surface area contributed by atoms with Gasteiger partial charge in [0.05, 0.1) is 22.9 Å². The van der Waals surface area contributed by atoms with Crippen LogP contribution in [0.5, 0.6) is 0 Å². The second-order valence-electron chi connectivity index (χ2n) is 5.89. The first-order valence-electron chi connectivity index (χ1n) is 7.91. The van der Waals surface area contributed by atoms with Crippen LogP contribution in [0.25, 0.3) is 22.6 Å². The molecule has 26 heavy (non-hydrogen) atoms. The predicted octanol–water partition coefficient (Wildman–Crippen LogP) is 5.11. The lowest BCUT2D eigenvalue weighted by atomic mass is 10.1. The van der Waals surface area contributed by atoms with Gasteiger partial charge in [-0.15, -0.1) is 0 Å². The summed E-state index contributed by atoms with van der Waals surface area (Å²) in [6.45, 7) is 3.71. The molecule has 0 atom stereocenters. The van der Waals surface area contributed by atoms with Crippen LogP contribution >= 0.6 is 15.9 Å². The maximum absolute atomic E-state index is 13.0. The number of benzene rings is 1. The Kier molecular flexibility index (Phi) is 4.08. The molecule has 0 aliphatic heterocycles. The number of aryl methyl sites for hydroxylation is 2. The van der Waals surface area contributed by atoms with Gasteiger partial charge in [0.15, 0.2) is 5.76 Å². The summed E-state index contributed by atoms with van der Waals surface area (Å²) in [7, 11) is 0. The van der Waals surface area contributed by atoms with Crippen molar-refractivity contribution in [3.63, 3.8) is 0 Å². The van der Waals surface area contributed by atoms with Crippen molar-refractivity contribution in [3.05, 3.63) is 64.0 Å². The number of aromatic nitrogens is 2. The van der Waals surface area contributed by atoms with Crippen molar-refractivity contribution in [2.24, 2.45) is 0 Å². The van der Waals surface area contributed by atoms with E-state index < -0.39 is 0 Å². The topological polar surface area (TPSA) is 81.2 Å². The fourth-order valence-corrected chi connectivity index (χ4v) is 3.26. The van der Waals surface area contributed by atoms with E-state index in [4.69, 9.17) is 8.94 Å². The molecule has 0 saturated heterocycles. The van der Waals surface area contributed by atoms with Crippen molar-refractivity contribution < 1.29 is 13.7 Å². The van der Waals surface area contributed by atoms with E-state index in [0.717, 1.165) is 15.7 Å². The molecule has 4 rings (SSSR count). The lowest BCUT2D eigenvalue weighted by Crippen LogP contribution is -2.14. The average molecular weight is 412 g/mol. The first-order chi connectivity index (χ1) is 12.5. The third kappa shape index (κ3) is 2.90. The molecule has 0 spiro atoms. The van der Waals surface area contributed by atoms with Crippen LogP contribution in [0.15, 0.2) is 56.1 Å². The summed E-state index contributed by atoms with van der Waals surface area (Å²) in [6.07, 6.45) is 1.55. The Morgan fingerprint density at radius 2 is 2.04 bits per heavy atom. The number of anilines is 1. The lowest BCUT2D eigenvalue weighted by Gasteiger charge is -2.10. The van der Waals surface area contributed by atoms with E-state index in [1.807, 2.05) is 25.1 Å². The van der Waals surface area contributed by atoms with Crippen LogP contribution in [0.1, 0.15) is 21.6 Å². The molecular weight excluding hydrogens is 398 g/mol. The van der Waals surface area contributed by atoms with E-state index >= 15 is 0 Å². The Hall–Kier alpha value is -2.93. The second kappa shape index (κ2) is 6.42. The van der Waals surface area contributed by atoms with Crippen molar-refractivity contribution in [1.29, 1.82) is 0 Å². The van der Waals surface area contributed by atoms with E-state index in [2.05, 4.69) is 31.4 Å². The first-order valence-corrected chi connectivity index (χ1v) is 8.70. The molecule has 7 heteroatoms. The third-order valence-corrected chi connectivity index (χ3v) is 4.57. The van der Waals surface area contributed by atoms with Crippen molar-refractivity contribution in [1.82, 2.24) is 10.1 Å². The summed E-state index contributed by atoms with van der Waals surface area (Å²) < 4.78 is 11.6. The molecule has 1 aromatic carbocycles. The van der Waals surface area contributed by atoms with Crippen molar-refractivity contribution >= 4 is 38.6 Å². The van der Waals surface area contributed by atoms with Crippen molar-refractivity contribution in [3.8, 4) is 11.5 Å². The molecule has 0 unspecified atom stereocenters. The Labute approximate surface area is 157 Å². The third-order valence-electron chi connectivity index (χ3n) is 4.07. The highest BCUT2D eigenvalue weighted by Gasteiger charge is 2.20. The molecule has 4 aromatic rings. The Morgan fingerprint density at radius 3 is 2.77 bits per heavy atom. The molecule has 3 heterocycles. The largest absolute Gasteiger partial charge is 0.463 e. The minimum Gasteiger partial charge on any atom is -0.463 e. The lowest BCUT2D eigenvalue weighted by molar-refractivity contribution is 0.102. The highest BCUT2D eigenvalue weighted by atomic mass is 79.9. The zero-order valence-electron chi connectivity index (χ0n) is 14.0. The van der Waals surface area contributed by atoms with Crippen molar-refractivity contribution in [2.75, 3.05) is 5.32 Å². The maximum Gasteiger partial charge on any atom is 0.259 e. The molecule has 130 valence electrons. The number of furan rings is 1. The molecule has 1 amide bonds. The molecule has 0 radical (unpaired) electrons. The van der Waals surface area contributed by atoms with E-state index in [-0.39, 0.29) is 5.91 Å². The van der Waals surface area contributed by atoms with Crippen LogP contribution in [-0.4, -0.2) is 16.0 Å². The zero-order valence-corrected chi connectivity index (χ0v) is 15.6. The monoisotopic (exact) mass is 411 g/mol. The molecule has 0 fully saturated rings. The quantitative estimate of drug-likeness (QED) is 0.506. The first kappa shape index (κ1) is 16.5. The fourth-order valence-electron chi connectivity index (χ4n) is 2.78. The van der Waals surface area contributed by atoms with Crippen molar-refractivity contribution in [2.45, 2.75) is 13.8 Å². The Bertz CT molecular complexity index is 1120. The average Bonchev–Trinajstić information content (AvgIpc) is 3.27. The number of amides is 1. The fraction of sp³-hybridized carbons (Fsp3) is 0.105. The number of rotatable bonds is 3. The van der Waals surface area contributed by atoms with Gasteiger partial charge >= 0.3 is 0 Å². The number of carbonyl (C=O) groups is 1. The molecule has 0 aliphatic rings. The minimum absolute atomic E-state index is 0.262. The molecule has 3 aromatic heterocycles. The number of nitrogens with one attached hydrogen (secondary N) is 1. The number of carbonyl (C=O) groups excluding carboxylic acids is 1. The van der Waals surface area contributed by atoms with Crippen LogP contribution in [0.3, 0.4) is 0 Å². The van der Waals surface area contributed by atoms with Gasteiger partial charge in [0.2, 0.25) is 0 Å². The maximum atomic E-state index is 13.0. The number of nitrogens with zero attached hydrogens (tertiary/aromatic N) is 2. The van der Waals surface area contributed by atoms with Crippen LogP contribution in [0.4, 0.5) is 5.69 Å². The molecule has 1 N–H and O–H groups in total. The van der Waals surface area contributed by atoms with Gasteiger partial charge in [-0.25, -0.2) is 4.98 Å². The predicted molar refractivity (Wildman–Crippen MR) is 101 cm³/mol. The summed E-state index contributed by atoms with van der Waals surface area (Å²) in [5, 5.41) is 7.48. The van der Waals surface area contributed by atoms with Gasteiger partial charge in [-0.2, -0.15) is 0 Å². The van der Waals surface area contributed by atoms with Crippen LogP contribution in [-0.2, 0) is 0 Å². The summed E-state index contributed by atoms with van der Waals surface area (Å²) >= 11 is 3.42. The van der Waals surface area contributed by atoms with E-state index in [1.54, 1.807) is 31.4 Å². The van der Waals surface area contributed by atoms with Gasteiger partial charge in [0.1, 0.15) is 5.69 Å². The van der Waals surface area contributed by atoms with E-state index in [0.29, 0.717) is 33.8 Å². The Balaban J connectivity index is 1.81. The van der Waals surface area contributed by atoms with Gasteiger partial charge in [-0.1, -0.05) is 21.1 Å². The zero-order chi connectivity index (χ0) is 18.3. The Morgan fingerprint density at radius 1 is 1.19 bits per heavy atom. The van der Waals surface area contributed by atoms with Gasteiger partial charge in [-0.05, 0) is 55.8 Å². The molecule has 0 bridgehead atoms. The molecule has 0 saturated carbocycles. The van der Waals surface area contributed by atoms with E-state index in [1.165, 1.54) is 0 Å². The summed E-state index contributed by atoms with van der Waals surface area (Å²) in [5.74, 6) is 0.289. The molecule has 6 nitrogen and oxygen atoms in total. The van der Waals surface area contributed by atoms with Crippen LogP contribution < -0.4 is 5.32 Å². The normalized spacial score (nSPS) is 11.0. The van der Waals surface area contributed by atoms with Gasteiger partial charge in [0, 0.05) is 10.2 Å². The van der Waals surface area contributed by atoms with Gasteiger partial charge in [0.25, 0.3) is 11.6 Å². The number of hydrogen-bond donors (Lipinski definition) is 1. The number of fused-ring (bicyclic) bond motifs is 1. The van der Waals surface area contributed by atoms with Crippen LogP contribution in [0.2, 0.25) is 0 Å². The highest BCUT2D eigenvalue weighted by molar-refractivity contribution is 9.10. The number of pyridine rings is 1. The number of halogens is 1. The summed E-state index contributed by atoms with van der Waals surface area (Å²) in [6, 6.07) is 10.9. The molecule has 0 aliphatic carbocycles. The highest BCUT2D eigenvalue weighted by Crippen LogP contribution is 2.28. The smallest absolute Gasteiger partial charge is 0.259 e. The summed E-state index contributed by atoms with van der Waals surface area (Å²) in [5.41, 5.74) is 3.53. The second-order valence-corrected chi connectivity index (χ2v) is 6.81. The summed E-state index contributed by atoms with van der Waals surface area (Å²) in [4.78, 5) is 17.4. The van der Waals surface area contributed by atoms with Gasteiger partial charge < -0.3 is 14.3 Å². The van der Waals surface area contributed by atoms with Gasteiger partial charge in [-0.3, -0.25) is 4.79 Å². The van der Waals surface area contributed by atoms with E-state index in [9.17, 15) is 4.79 Å².